The molecule has 0 atom stereocenters. The van der Waals surface area contributed by atoms with Crippen molar-refractivity contribution in [2.75, 3.05) is 5.32 Å². The first kappa shape index (κ1) is 12.0. The number of carbonyl (C=O) groups is 2. The zero-order chi connectivity index (χ0) is 13.0. The topological polar surface area (TPSA) is 46.2 Å². The van der Waals surface area contributed by atoms with Gasteiger partial charge in [0.15, 0.2) is 0 Å². The SMILES string of the molecule is O=C(Nc1ccc(F)cc1)C(=O)c1ccccc1. The van der Waals surface area contributed by atoms with Crippen LogP contribution in [0.1, 0.15) is 10.4 Å². The maximum absolute atomic E-state index is 12.7. The first-order valence-corrected chi connectivity index (χ1v) is 5.33. The number of amides is 1. The van der Waals surface area contributed by atoms with Gasteiger partial charge in [0, 0.05) is 11.3 Å². The summed E-state index contributed by atoms with van der Waals surface area (Å²) in [5, 5.41) is 2.41. The number of Topliss-reactive ketones (excluding diaryl/α,β-unsaturated/α-hetero) is 1. The van der Waals surface area contributed by atoms with Crippen LogP contribution in [-0.2, 0) is 4.79 Å². The number of hydrogen-bond acceptors (Lipinski definition) is 2. The molecule has 2 rings (SSSR count). The van der Waals surface area contributed by atoms with Gasteiger partial charge >= 0.3 is 0 Å². The lowest BCUT2D eigenvalue weighted by atomic mass is 10.1. The van der Waals surface area contributed by atoms with E-state index in [-0.39, 0.29) is 0 Å². The van der Waals surface area contributed by atoms with Crippen LogP contribution in [0, 0.1) is 5.82 Å². The fourth-order valence-electron chi connectivity index (χ4n) is 1.44. The zero-order valence-electron chi connectivity index (χ0n) is 9.39. The molecule has 0 aliphatic carbocycles. The van der Waals surface area contributed by atoms with E-state index in [2.05, 4.69) is 5.32 Å². The highest BCUT2D eigenvalue weighted by atomic mass is 19.1. The Morgan fingerprint density at radius 2 is 1.50 bits per heavy atom. The van der Waals surface area contributed by atoms with Crippen molar-refractivity contribution in [2.45, 2.75) is 0 Å². The fourth-order valence-corrected chi connectivity index (χ4v) is 1.44. The highest BCUT2D eigenvalue weighted by molar-refractivity contribution is 6.46. The molecule has 2 aromatic rings. The van der Waals surface area contributed by atoms with Crippen molar-refractivity contribution in [1.29, 1.82) is 0 Å². The van der Waals surface area contributed by atoms with Gasteiger partial charge in [-0.05, 0) is 24.3 Å². The number of halogens is 1. The molecule has 1 amide bonds. The van der Waals surface area contributed by atoms with E-state index in [4.69, 9.17) is 0 Å². The third-order valence-electron chi connectivity index (χ3n) is 2.34. The van der Waals surface area contributed by atoms with Gasteiger partial charge in [0.25, 0.3) is 11.7 Å². The van der Waals surface area contributed by atoms with E-state index in [0.29, 0.717) is 11.3 Å². The number of anilines is 1. The predicted molar refractivity (Wildman–Crippen MR) is 65.8 cm³/mol. The average Bonchev–Trinajstić information content (AvgIpc) is 2.41. The molecule has 0 heterocycles. The standard InChI is InChI=1S/C14H10FNO2/c15-11-6-8-12(9-7-11)16-14(18)13(17)10-4-2-1-3-5-10/h1-9H,(H,16,18). The molecule has 0 spiro atoms. The van der Waals surface area contributed by atoms with Crippen LogP contribution in [0.15, 0.2) is 54.6 Å². The van der Waals surface area contributed by atoms with Crippen LogP contribution in [0.25, 0.3) is 0 Å². The molecule has 3 nitrogen and oxygen atoms in total. The van der Waals surface area contributed by atoms with Gasteiger partial charge in [-0.25, -0.2) is 4.39 Å². The Bertz CT molecular complexity index is 564. The molecule has 0 fully saturated rings. The fraction of sp³-hybridized carbons (Fsp3) is 0. The molecular formula is C14H10FNO2. The highest BCUT2D eigenvalue weighted by Crippen LogP contribution is 2.09. The van der Waals surface area contributed by atoms with Crippen LogP contribution < -0.4 is 5.32 Å². The Hall–Kier alpha value is -2.49. The van der Waals surface area contributed by atoms with Gasteiger partial charge in [0.1, 0.15) is 5.82 Å². The monoisotopic (exact) mass is 243 g/mol. The van der Waals surface area contributed by atoms with Crippen molar-refractivity contribution in [3.8, 4) is 0 Å². The van der Waals surface area contributed by atoms with Gasteiger partial charge in [-0.2, -0.15) is 0 Å². The lowest BCUT2D eigenvalue weighted by molar-refractivity contribution is -0.112. The predicted octanol–water partition coefficient (Wildman–Crippen LogP) is 2.65. The number of ketones is 1. The summed E-state index contributed by atoms with van der Waals surface area (Å²) < 4.78 is 12.7. The minimum atomic E-state index is -0.743. The van der Waals surface area contributed by atoms with Crippen LogP contribution in [0.5, 0.6) is 0 Å². The lowest BCUT2D eigenvalue weighted by Gasteiger charge is -2.04. The van der Waals surface area contributed by atoms with Crippen molar-refractivity contribution >= 4 is 17.4 Å². The molecule has 0 radical (unpaired) electrons. The van der Waals surface area contributed by atoms with Gasteiger partial charge < -0.3 is 5.32 Å². The summed E-state index contributed by atoms with van der Waals surface area (Å²) in [6.07, 6.45) is 0. The van der Waals surface area contributed by atoms with E-state index < -0.39 is 17.5 Å². The smallest absolute Gasteiger partial charge is 0.296 e. The molecule has 4 heteroatoms. The van der Waals surface area contributed by atoms with Gasteiger partial charge in [-0.1, -0.05) is 30.3 Å². The summed E-state index contributed by atoms with van der Waals surface area (Å²) >= 11 is 0. The van der Waals surface area contributed by atoms with Crippen LogP contribution in [0.3, 0.4) is 0 Å². The van der Waals surface area contributed by atoms with E-state index in [1.165, 1.54) is 24.3 Å². The summed E-state index contributed by atoms with van der Waals surface area (Å²) in [4.78, 5) is 23.4. The van der Waals surface area contributed by atoms with Gasteiger partial charge in [-0.15, -0.1) is 0 Å². The molecule has 0 aliphatic heterocycles. The lowest BCUT2D eigenvalue weighted by Crippen LogP contribution is -2.22. The second kappa shape index (κ2) is 5.23. The maximum Gasteiger partial charge on any atom is 0.296 e. The maximum atomic E-state index is 12.7. The van der Waals surface area contributed by atoms with E-state index in [1.54, 1.807) is 30.3 Å². The summed E-state index contributed by atoms with van der Waals surface area (Å²) in [5.74, 6) is -1.77. The van der Waals surface area contributed by atoms with E-state index in [9.17, 15) is 14.0 Å². The molecule has 0 saturated carbocycles. The summed E-state index contributed by atoms with van der Waals surface area (Å²) in [6.45, 7) is 0. The number of nitrogens with one attached hydrogen (secondary N) is 1. The van der Waals surface area contributed by atoms with Crippen LogP contribution >= 0.6 is 0 Å². The average molecular weight is 243 g/mol. The number of carbonyl (C=O) groups excluding carboxylic acids is 2. The second-order valence-corrected chi connectivity index (χ2v) is 3.66. The van der Waals surface area contributed by atoms with Gasteiger partial charge in [0.2, 0.25) is 0 Å². The molecule has 0 aliphatic rings. The largest absolute Gasteiger partial charge is 0.319 e. The van der Waals surface area contributed by atoms with Crippen molar-refractivity contribution in [2.24, 2.45) is 0 Å². The molecule has 2 aromatic carbocycles. The Kier molecular flexibility index (Phi) is 3.48. The highest BCUT2D eigenvalue weighted by Gasteiger charge is 2.15. The first-order chi connectivity index (χ1) is 8.66. The normalized spacial score (nSPS) is 9.83. The summed E-state index contributed by atoms with van der Waals surface area (Å²) in [6, 6.07) is 13.5. The van der Waals surface area contributed by atoms with Gasteiger partial charge in [-0.3, -0.25) is 9.59 Å². The molecule has 0 unspecified atom stereocenters. The first-order valence-electron chi connectivity index (χ1n) is 5.33. The van der Waals surface area contributed by atoms with Crippen LogP contribution in [-0.4, -0.2) is 11.7 Å². The van der Waals surface area contributed by atoms with Gasteiger partial charge in [0.05, 0.1) is 0 Å². The Morgan fingerprint density at radius 1 is 0.889 bits per heavy atom. The Morgan fingerprint density at radius 3 is 2.11 bits per heavy atom. The molecule has 18 heavy (non-hydrogen) atoms. The molecule has 0 bridgehead atoms. The summed E-state index contributed by atoms with van der Waals surface area (Å²) in [5.41, 5.74) is 0.697. The van der Waals surface area contributed by atoms with Crippen LogP contribution in [0.4, 0.5) is 10.1 Å². The van der Waals surface area contributed by atoms with E-state index >= 15 is 0 Å². The molecule has 0 aromatic heterocycles. The number of benzene rings is 2. The number of hydrogen-bond donors (Lipinski definition) is 1. The van der Waals surface area contributed by atoms with Crippen molar-refractivity contribution in [3.05, 3.63) is 66.0 Å². The molecule has 0 saturated heterocycles. The Labute approximate surface area is 103 Å². The minimum Gasteiger partial charge on any atom is -0.319 e. The van der Waals surface area contributed by atoms with E-state index in [1.807, 2.05) is 0 Å². The van der Waals surface area contributed by atoms with E-state index in [0.717, 1.165) is 0 Å². The molecule has 1 N–H and O–H groups in total. The van der Waals surface area contributed by atoms with Crippen molar-refractivity contribution in [3.63, 3.8) is 0 Å². The van der Waals surface area contributed by atoms with Crippen molar-refractivity contribution in [1.82, 2.24) is 0 Å². The summed E-state index contributed by atoms with van der Waals surface area (Å²) in [7, 11) is 0. The quantitative estimate of drug-likeness (QED) is 0.665. The molecular weight excluding hydrogens is 233 g/mol. The minimum absolute atomic E-state index is 0.317. The Balaban J connectivity index is 2.09. The van der Waals surface area contributed by atoms with Crippen molar-refractivity contribution < 1.29 is 14.0 Å². The molecule has 90 valence electrons. The third-order valence-corrected chi connectivity index (χ3v) is 2.34. The third kappa shape index (κ3) is 2.79. The number of rotatable bonds is 3. The van der Waals surface area contributed by atoms with Crippen LogP contribution in [0.2, 0.25) is 0 Å². The second-order valence-electron chi connectivity index (χ2n) is 3.66. The zero-order valence-corrected chi connectivity index (χ0v) is 9.39.